The number of para-hydroxylation sites is 1. The zero-order valence-electron chi connectivity index (χ0n) is 22.4. The summed E-state index contributed by atoms with van der Waals surface area (Å²) in [4.78, 5) is 29.2. The number of methoxy groups -OCH3 is 2. The second kappa shape index (κ2) is 12.4. The zero-order valence-corrected chi connectivity index (χ0v) is 22.4. The molecule has 10 heteroatoms. The van der Waals surface area contributed by atoms with Crippen LogP contribution in [0.1, 0.15) is 31.9 Å². The van der Waals surface area contributed by atoms with E-state index in [-0.39, 0.29) is 6.54 Å². The van der Waals surface area contributed by atoms with E-state index in [9.17, 15) is 14.0 Å². The van der Waals surface area contributed by atoms with Gasteiger partial charge in [0, 0.05) is 18.3 Å². The highest BCUT2D eigenvalue weighted by Gasteiger charge is 2.34. The van der Waals surface area contributed by atoms with Crippen LogP contribution >= 0.6 is 0 Å². The largest absolute Gasteiger partial charge is 0.493 e. The number of nitrogens with zero attached hydrogens (tertiary/aromatic N) is 4. The molecule has 0 radical (unpaired) electrons. The quantitative estimate of drug-likeness (QED) is 0.304. The normalized spacial score (nSPS) is 11.8. The molecule has 3 aromatic carbocycles. The van der Waals surface area contributed by atoms with E-state index < -0.39 is 23.7 Å². The van der Waals surface area contributed by atoms with Crippen molar-refractivity contribution in [1.82, 2.24) is 20.3 Å². The SMILES string of the molecule is COc1ccc(N(C(=O)Cn2nnc3ccccc32)[C@H](C(=O)NCCC(C)C)c2ccc(F)cc2)cc1OC. The highest BCUT2D eigenvalue weighted by atomic mass is 19.1. The van der Waals surface area contributed by atoms with Crippen molar-refractivity contribution in [2.75, 3.05) is 25.7 Å². The lowest BCUT2D eigenvalue weighted by atomic mass is 10.0. The van der Waals surface area contributed by atoms with E-state index in [4.69, 9.17) is 9.47 Å². The number of anilines is 1. The van der Waals surface area contributed by atoms with Crippen molar-refractivity contribution >= 4 is 28.5 Å². The van der Waals surface area contributed by atoms with Gasteiger partial charge in [0.2, 0.25) is 11.8 Å². The average molecular weight is 534 g/mol. The van der Waals surface area contributed by atoms with Gasteiger partial charge in [-0.2, -0.15) is 0 Å². The Morgan fingerprint density at radius 1 is 1.00 bits per heavy atom. The highest BCUT2D eigenvalue weighted by molar-refractivity contribution is 6.01. The van der Waals surface area contributed by atoms with Gasteiger partial charge in [-0.3, -0.25) is 14.5 Å². The van der Waals surface area contributed by atoms with E-state index in [0.717, 1.165) is 6.42 Å². The van der Waals surface area contributed by atoms with E-state index in [1.54, 1.807) is 24.3 Å². The Labute approximate surface area is 226 Å². The summed E-state index contributed by atoms with van der Waals surface area (Å²) >= 11 is 0. The number of nitrogens with one attached hydrogen (secondary N) is 1. The van der Waals surface area contributed by atoms with Crippen LogP contribution < -0.4 is 19.7 Å². The van der Waals surface area contributed by atoms with Crippen molar-refractivity contribution in [2.24, 2.45) is 5.92 Å². The molecule has 4 rings (SSSR count). The molecule has 9 nitrogen and oxygen atoms in total. The summed E-state index contributed by atoms with van der Waals surface area (Å²) in [7, 11) is 3.01. The summed E-state index contributed by atoms with van der Waals surface area (Å²) in [5, 5.41) is 11.3. The molecule has 204 valence electrons. The van der Waals surface area contributed by atoms with Crippen LogP contribution in [0, 0.1) is 11.7 Å². The number of aromatic nitrogens is 3. The molecule has 1 N–H and O–H groups in total. The molecular formula is C29H32FN5O4. The fourth-order valence-electron chi connectivity index (χ4n) is 4.29. The molecule has 0 bridgehead atoms. The standard InChI is InChI=1S/C29H32FN5O4/c1-19(2)15-16-31-29(37)28(20-9-11-21(30)12-10-20)35(22-13-14-25(38-3)26(17-22)39-4)27(36)18-34-24-8-6-5-7-23(24)32-33-34/h5-14,17,19,28H,15-16,18H2,1-4H3,(H,31,37)/t28-/m0/s1. The molecule has 0 spiro atoms. The first-order chi connectivity index (χ1) is 18.8. The topological polar surface area (TPSA) is 98.6 Å². The van der Waals surface area contributed by atoms with Gasteiger partial charge in [0.15, 0.2) is 11.5 Å². The Morgan fingerprint density at radius 3 is 2.41 bits per heavy atom. The number of hydrogen-bond acceptors (Lipinski definition) is 6. The second-order valence-corrected chi connectivity index (χ2v) is 9.47. The van der Waals surface area contributed by atoms with Crippen LogP contribution in [0.25, 0.3) is 11.0 Å². The minimum absolute atomic E-state index is 0.189. The summed E-state index contributed by atoms with van der Waals surface area (Å²) in [5.74, 6) is -0.0395. The van der Waals surface area contributed by atoms with Gasteiger partial charge < -0.3 is 14.8 Å². The molecule has 1 heterocycles. The summed E-state index contributed by atoms with van der Waals surface area (Å²) in [6, 6.07) is 16.7. The molecule has 1 aromatic heterocycles. The number of halogens is 1. The van der Waals surface area contributed by atoms with Crippen LogP contribution in [0.15, 0.2) is 66.7 Å². The summed E-state index contributed by atoms with van der Waals surface area (Å²) in [6.07, 6.45) is 0.761. The molecule has 0 saturated heterocycles. The van der Waals surface area contributed by atoms with Gasteiger partial charge in [-0.25, -0.2) is 9.07 Å². The molecule has 4 aromatic rings. The number of rotatable bonds is 11. The highest BCUT2D eigenvalue weighted by Crippen LogP contribution is 2.36. The summed E-state index contributed by atoms with van der Waals surface area (Å²) in [6.45, 7) is 4.36. The number of carbonyl (C=O) groups is 2. The lowest BCUT2D eigenvalue weighted by Gasteiger charge is -2.32. The van der Waals surface area contributed by atoms with Crippen LogP contribution in [0.4, 0.5) is 10.1 Å². The Kier molecular flexibility index (Phi) is 8.75. The zero-order chi connectivity index (χ0) is 27.9. The van der Waals surface area contributed by atoms with E-state index in [0.29, 0.717) is 46.2 Å². The number of ether oxygens (including phenoxy) is 2. The van der Waals surface area contributed by atoms with E-state index >= 15 is 0 Å². The second-order valence-electron chi connectivity index (χ2n) is 9.47. The van der Waals surface area contributed by atoms with E-state index in [2.05, 4.69) is 29.5 Å². The smallest absolute Gasteiger partial charge is 0.249 e. The molecule has 0 saturated carbocycles. The predicted molar refractivity (Wildman–Crippen MR) is 146 cm³/mol. The number of amides is 2. The fraction of sp³-hybridized carbons (Fsp3) is 0.310. The van der Waals surface area contributed by atoms with Gasteiger partial charge in [0.05, 0.1) is 19.7 Å². The van der Waals surface area contributed by atoms with Crippen LogP contribution in [-0.4, -0.2) is 47.6 Å². The van der Waals surface area contributed by atoms with Gasteiger partial charge in [0.1, 0.15) is 23.9 Å². The van der Waals surface area contributed by atoms with Crippen molar-refractivity contribution in [2.45, 2.75) is 32.9 Å². The Balaban J connectivity index is 1.81. The third-order valence-electron chi connectivity index (χ3n) is 6.33. The van der Waals surface area contributed by atoms with Gasteiger partial charge >= 0.3 is 0 Å². The molecular weight excluding hydrogens is 501 g/mol. The third-order valence-corrected chi connectivity index (χ3v) is 6.33. The first-order valence-electron chi connectivity index (χ1n) is 12.7. The Hall–Kier alpha value is -4.47. The first-order valence-corrected chi connectivity index (χ1v) is 12.7. The molecule has 0 aliphatic heterocycles. The van der Waals surface area contributed by atoms with Crippen molar-refractivity contribution in [3.63, 3.8) is 0 Å². The summed E-state index contributed by atoms with van der Waals surface area (Å²) in [5.41, 5.74) is 2.17. The molecule has 0 unspecified atom stereocenters. The monoisotopic (exact) mass is 533 g/mol. The fourth-order valence-corrected chi connectivity index (χ4v) is 4.29. The first kappa shape index (κ1) is 27.6. The van der Waals surface area contributed by atoms with Crippen molar-refractivity contribution in [3.8, 4) is 11.5 Å². The molecule has 2 amide bonds. The predicted octanol–water partition coefficient (Wildman–Crippen LogP) is 4.52. The summed E-state index contributed by atoms with van der Waals surface area (Å²) < 4.78 is 26.2. The molecule has 39 heavy (non-hydrogen) atoms. The number of carbonyl (C=O) groups excluding carboxylic acids is 2. The van der Waals surface area contributed by atoms with E-state index in [1.807, 2.05) is 18.2 Å². The molecule has 0 aliphatic carbocycles. The lowest BCUT2D eigenvalue weighted by molar-refractivity contribution is -0.127. The Morgan fingerprint density at radius 2 is 1.72 bits per heavy atom. The van der Waals surface area contributed by atoms with Crippen LogP contribution in [0.5, 0.6) is 11.5 Å². The molecule has 0 aliphatic rings. The van der Waals surface area contributed by atoms with E-state index in [1.165, 1.54) is 48.1 Å². The van der Waals surface area contributed by atoms with Crippen LogP contribution in [0.2, 0.25) is 0 Å². The maximum absolute atomic E-state index is 14.1. The van der Waals surface area contributed by atoms with Crippen LogP contribution in [0.3, 0.4) is 0 Å². The number of benzene rings is 3. The maximum atomic E-state index is 14.1. The maximum Gasteiger partial charge on any atom is 0.249 e. The van der Waals surface area contributed by atoms with Gasteiger partial charge in [-0.05, 0) is 54.3 Å². The van der Waals surface area contributed by atoms with Gasteiger partial charge in [-0.15, -0.1) is 5.10 Å². The van der Waals surface area contributed by atoms with Crippen LogP contribution in [-0.2, 0) is 16.1 Å². The molecule has 0 fully saturated rings. The van der Waals surface area contributed by atoms with Crippen molar-refractivity contribution < 1.29 is 23.5 Å². The number of hydrogen-bond donors (Lipinski definition) is 1. The van der Waals surface area contributed by atoms with Gasteiger partial charge in [-0.1, -0.05) is 43.3 Å². The third kappa shape index (κ3) is 6.34. The lowest BCUT2D eigenvalue weighted by Crippen LogP contribution is -2.45. The Bertz CT molecular complexity index is 1440. The average Bonchev–Trinajstić information content (AvgIpc) is 3.34. The molecule has 1 atom stereocenters. The van der Waals surface area contributed by atoms with Crippen molar-refractivity contribution in [1.29, 1.82) is 0 Å². The number of fused-ring (bicyclic) bond motifs is 1. The van der Waals surface area contributed by atoms with Gasteiger partial charge in [0.25, 0.3) is 0 Å². The minimum atomic E-state index is -1.10. The van der Waals surface area contributed by atoms with Crippen molar-refractivity contribution in [3.05, 3.63) is 78.1 Å². The minimum Gasteiger partial charge on any atom is -0.493 e.